The molecule has 182 valence electrons. The number of piperidine rings is 1. The number of fused-ring (bicyclic) bond motifs is 1. The topological polar surface area (TPSA) is 102 Å². The first-order chi connectivity index (χ1) is 16.9. The van der Waals surface area contributed by atoms with E-state index in [4.69, 9.17) is 20.9 Å². The molecule has 3 heterocycles. The van der Waals surface area contributed by atoms with E-state index in [1.165, 1.54) is 0 Å². The zero-order chi connectivity index (χ0) is 24.5. The number of nitrogens with zero attached hydrogens (tertiary/aromatic N) is 4. The first kappa shape index (κ1) is 26.0. The summed E-state index contributed by atoms with van der Waals surface area (Å²) in [5, 5.41) is 15.9. The molecule has 0 amide bonds. The van der Waals surface area contributed by atoms with Crippen LogP contribution in [0.3, 0.4) is 0 Å². The number of pyridine rings is 1. The van der Waals surface area contributed by atoms with Gasteiger partial charge in [0.2, 0.25) is 5.82 Å². The molecule has 36 heavy (non-hydrogen) atoms. The number of rotatable bonds is 6. The minimum atomic E-state index is -0.728. The molecule has 1 N–H and O–H groups in total. The maximum atomic E-state index is 11.3. The Labute approximate surface area is 225 Å². The number of anilines is 1. The molecule has 0 radical (unpaired) electrons. The van der Waals surface area contributed by atoms with Crippen molar-refractivity contribution in [3.8, 4) is 28.6 Å². The second-order valence-corrected chi connectivity index (χ2v) is 9.28. The van der Waals surface area contributed by atoms with E-state index < -0.39 is 5.97 Å². The molecule has 0 spiro atoms. The van der Waals surface area contributed by atoms with Crippen LogP contribution in [0.4, 0.5) is 5.82 Å². The third kappa shape index (κ3) is 5.22. The van der Waals surface area contributed by atoms with E-state index in [9.17, 15) is 9.90 Å². The van der Waals surface area contributed by atoms with Crippen LogP contribution in [0.15, 0.2) is 53.2 Å². The van der Waals surface area contributed by atoms with Gasteiger partial charge in [0.05, 0.1) is 17.0 Å². The normalized spacial score (nSPS) is 14.2. The number of hydrogen-bond donors (Lipinski definition) is 1. The molecule has 0 saturated carbocycles. The third-order valence-corrected chi connectivity index (χ3v) is 6.43. The maximum absolute atomic E-state index is 11.3. The predicted molar refractivity (Wildman–Crippen MR) is 141 cm³/mol. The molecule has 4 aromatic rings. The fourth-order valence-corrected chi connectivity index (χ4v) is 4.64. The summed E-state index contributed by atoms with van der Waals surface area (Å²) >= 11 is 6.38. The fraction of sp³-hybridized carbons (Fsp3) is 0.308. The second kappa shape index (κ2) is 10.9. The van der Waals surface area contributed by atoms with Gasteiger partial charge in [-0.1, -0.05) is 35.0 Å². The Kier molecular flexibility index (Phi) is 7.89. The van der Waals surface area contributed by atoms with Crippen LogP contribution in [0, 0.1) is 5.92 Å². The van der Waals surface area contributed by atoms with Crippen molar-refractivity contribution in [3.63, 3.8) is 0 Å². The Morgan fingerprint density at radius 2 is 1.94 bits per heavy atom. The van der Waals surface area contributed by atoms with Crippen molar-refractivity contribution in [1.82, 2.24) is 15.1 Å². The summed E-state index contributed by atoms with van der Waals surface area (Å²) in [5.41, 5.74) is 1.53. The quantitative estimate of drug-likeness (QED) is 0.367. The zero-order valence-corrected chi connectivity index (χ0v) is 20.2. The molecule has 1 aliphatic heterocycles. The number of benzene rings is 2. The van der Waals surface area contributed by atoms with Gasteiger partial charge in [-0.05, 0) is 56.3 Å². The van der Waals surface area contributed by atoms with Crippen molar-refractivity contribution < 1.29 is 19.2 Å². The first-order valence-corrected chi connectivity index (χ1v) is 11.9. The van der Waals surface area contributed by atoms with Gasteiger partial charge in [0, 0.05) is 35.8 Å². The number of hydrogen-bond acceptors (Lipinski definition) is 7. The van der Waals surface area contributed by atoms with Gasteiger partial charge in [-0.25, -0.2) is 4.98 Å². The fourth-order valence-electron chi connectivity index (χ4n) is 4.41. The van der Waals surface area contributed by atoms with Gasteiger partial charge in [-0.15, -0.1) is 0 Å². The molecule has 2 aromatic heterocycles. The van der Waals surface area contributed by atoms with E-state index in [1.807, 2.05) is 44.2 Å². The van der Waals surface area contributed by atoms with Gasteiger partial charge in [-0.3, -0.25) is 4.79 Å². The second-order valence-electron chi connectivity index (χ2n) is 8.87. The van der Waals surface area contributed by atoms with Gasteiger partial charge in [0.15, 0.2) is 0 Å². The number of carbonyl (C=O) groups is 1. The van der Waals surface area contributed by atoms with Crippen molar-refractivity contribution in [2.24, 2.45) is 5.92 Å². The molecular weight excluding hydrogens is 475 g/mol. The Morgan fingerprint density at radius 1 is 1.17 bits per heavy atom. The number of aromatic nitrogens is 3. The number of ether oxygens (including phenoxy) is 1. The third-order valence-electron chi connectivity index (χ3n) is 6.14. The zero-order valence-electron chi connectivity index (χ0n) is 19.4. The van der Waals surface area contributed by atoms with Crippen molar-refractivity contribution >= 4 is 53.0 Å². The van der Waals surface area contributed by atoms with Crippen LogP contribution < -0.4 is 9.64 Å². The van der Waals surface area contributed by atoms with Crippen LogP contribution in [0.25, 0.3) is 33.6 Å². The molecule has 1 saturated heterocycles. The molecule has 0 atom stereocenters. The summed E-state index contributed by atoms with van der Waals surface area (Å²) in [6, 6.07) is 13.2. The van der Waals surface area contributed by atoms with Crippen LogP contribution in [-0.4, -0.2) is 64.3 Å². The van der Waals surface area contributed by atoms with E-state index in [1.54, 1.807) is 18.3 Å². The van der Waals surface area contributed by atoms with E-state index >= 15 is 0 Å². The van der Waals surface area contributed by atoms with Gasteiger partial charge in [0.1, 0.15) is 11.6 Å². The van der Waals surface area contributed by atoms with Gasteiger partial charge < -0.3 is 19.3 Å². The molecule has 0 bridgehead atoms. The SMILES string of the molecule is CC(C)Oc1ccc(-c2nc(-c3cccc4c(N5CCC(C(=O)O)CC5)nccc34)no2)cc1Cl.[LiH]. The van der Waals surface area contributed by atoms with Crippen molar-refractivity contribution in [2.45, 2.75) is 32.8 Å². The van der Waals surface area contributed by atoms with E-state index in [-0.39, 0.29) is 30.9 Å². The molecule has 1 fully saturated rings. The van der Waals surface area contributed by atoms with E-state index in [0.717, 1.165) is 22.2 Å². The van der Waals surface area contributed by atoms with Crippen LogP contribution in [-0.2, 0) is 4.79 Å². The molecule has 0 aliphatic carbocycles. The summed E-state index contributed by atoms with van der Waals surface area (Å²) in [5.74, 6) is 1.24. The summed E-state index contributed by atoms with van der Waals surface area (Å²) in [7, 11) is 0. The van der Waals surface area contributed by atoms with Gasteiger partial charge >= 0.3 is 24.8 Å². The van der Waals surface area contributed by atoms with Crippen LogP contribution in [0.1, 0.15) is 26.7 Å². The number of halogens is 1. The average molecular weight is 501 g/mol. The van der Waals surface area contributed by atoms with Crippen molar-refractivity contribution in [2.75, 3.05) is 18.0 Å². The molecule has 1 aliphatic rings. The van der Waals surface area contributed by atoms with Crippen molar-refractivity contribution in [1.29, 1.82) is 0 Å². The molecule has 2 aromatic carbocycles. The molecule has 10 heteroatoms. The molecule has 0 unspecified atom stereocenters. The predicted octanol–water partition coefficient (Wildman–Crippen LogP) is 5.04. The number of aliphatic carboxylic acids is 1. The summed E-state index contributed by atoms with van der Waals surface area (Å²) in [6.07, 6.45) is 2.98. The molecule has 8 nitrogen and oxygen atoms in total. The Hall–Kier alpha value is -3.05. The molecule has 5 rings (SSSR count). The Morgan fingerprint density at radius 3 is 2.64 bits per heavy atom. The monoisotopic (exact) mass is 500 g/mol. The van der Waals surface area contributed by atoms with Crippen LogP contribution >= 0.6 is 11.6 Å². The minimum absolute atomic E-state index is 0. The Bertz CT molecular complexity index is 1390. The van der Waals surface area contributed by atoms with Gasteiger partial charge in [-0.2, -0.15) is 4.98 Å². The van der Waals surface area contributed by atoms with Gasteiger partial charge in [0.25, 0.3) is 5.89 Å². The standard InChI is InChI=1S/C26H25ClN4O4.Li.H/c1-15(2)34-22-7-6-17(14-21(22)27)25-29-23(30-35-25)19-4-3-5-20-18(19)8-11-28-24(20)31-12-9-16(10-13-31)26(32)33;;/h3-8,11,14-16H,9-10,12-13H2,1-2H3,(H,32,33);;. The van der Waals surface area contributed by atoms with Crippen LogP contribution in [0.5, 0.6) is 5.75 Å². The summed E-state index contributed by atoms with van der Waals surface area (Å²) in [6.45, 7) is 5.18. The summed E-state index contributed by atoms with van der Waals surface area (Å²) in [4.78, 5) is 22.7. The van der Waals surface area contributed by atoms with E-state index in [2.05, 4.69) is 20.0 Å². The molecular formula is C26H26ClLiN4O4. The van der Waals surface area contributed by atoms with Crippen molar-refractivity contribution in [3.05, 3.63) is 53.7 Å². The summed E-state index contributed by atoms with van der Waals surface area (Å²) < 4.78 is 11.3. The number of carboxylic acids is 1. The van der Waals surface area contributed by atoms with Crippen LogP contribution in [0.2, 0.25) is 5.02 Å². The average Bonchev–Trinajstić information content (AvgIpc) is 3.34. The van der Waals surface area contributed by atoms with E-state index in [0.29, 0.717) is 54.0 Å². The first-order valence-electron chi connectivity index (χ1n) is 11.6. The number of carboxylic acid groups (broad SMARTS) is 1. The Balaban J connectivity index is 0.00000304.